The second-order valence-corrected chi connectivity index (χ2v) is 14.5. The topological polar surface area (TPSA) is 35.5 Å². The summed E-state index contributed by atoms with van der Waals surface area (Å²) in [5.41, 5.74) is 4.29. The van der Waals surface area contributed by atoms with Gasteiger partial charge in [0.05, 0.1) is 0 Å². The summed E-state index contributed by atoms with van der Waals surface area (Å²) < 4.78 is 12.2. The Hall–Kier alpha value is -3.85. The zero-order valence-electron chi connectivity index (χ0n) is 28.4. The summed E-state index contributed by atoms with van der Waals surface area (Å²) in [6.45, 7) is 22.9. The Morgan fingerprint density at radius 2 is 0.795 bits per heavy atom. The van der Waals surface area contributed by atoms with Crippen LogP contribution in [-0.4, -0.2) is 5.78 Å². The van der Waals surface area contributed by atoms with E-state index in [4.69, 9.17) is 9.47 Å². The molecule has 4 aromatic carbocycles. The van der Waals surface area contributed by atoms with Crippen molar-refractivity contribution < 1.29 is 14.3 Å². The third-order valence-electron chi connectivity index (χ3n) is 10.2. The molecule has 3 heteroatoms. The van der Waals surface area contributed by atoms with Crippen LogP contribution in [0.2, 0.25) is 0 Å². The molecule has 0 atom stereocenters. The van der Waals surface area contributed by atoms with Crippen LogP contribution in [0.25, 0.3) is 0 Å². The monoisotopic (exact) mass is 590 g/mol. The molecule has 0 aliphatic heterocycles. The zero-order valence-corrected chi connectivity index (χ0v) is 28.4. The maximum absolute atomic E-state index is 13.2. The summed E-state index contributed by atoms with van der Waals surface area (Å²) in [6, 6.07) is 31.4. The Bertz CT molecular complexity index is 1520. The SMILES string of the molecule is CCC(CC)(c1ccc(Oc2ccc(C(=O)c3ccc(Oc4ccc(C(C)(C)C(C)(C)C)cc4)cc3)cc2)cc1)C(C)(C)C. The number of ketones is 1. The van der Waals surface area contributed by atoms with Crippen molar-refractivity contribution in [2.45, 2.75) is 92.9 Å². The molecule has 0 aromatic heterocycles. The van der Waals surface area contributed by atoms with E-state index in [2.05, 4.69) is 93.5 Å². The summed E-state index contributed by atoms with van der Waals surface area (Å²) in [4.78, 5) is 13.2. The van der Waals surface area contributed by atoms with Crippen LogP contribution in [0.1, 0.15) is 109 Å². The highest BCUT2D eigenvalue weighted by atomic mass is 16.5. The molecule has 0 unspecified atom stereocenters. The standard InChI is InChI=1S/C41H50O3/c1-11-41(12-2,39(6,7)8)32-19-27-36(28-20-32)44-34-23-15-30(16-24-34)37(42)29-13-21-33(22-14-29)43-35-25-17-31(18-26-35)40(9,10)38(3,4)5/h13-28H,11-12H2,1-10H3. The highest BCUT2D eigenvalue weighted by Gasteiger charge is 2.40. The Morgan fingerprint density at radius 1 is 0.477 bits per heavy atom. The van der Waals surface area contributed by atoms with Crippen molar-refractivity contribution >= 4 is 5.78 Å². The number of carbonyl (C=O) groups excluding carboxylic acids is 1. The van der Waals surface area contributed by atoms with Gasteiger partial charge in [-0.05, 0) is 118 Å². The molecule has 0 bridgehead atoms. The summed E-state index contributed by atoms with van der Waals surface area (Å²) in [6.07, 6.45) is 2.17. The first-order valence-corrected chi connectivity index (χ1v) is 15.9. The maximum Gasteiger partial charge on any atom is 0.193 e. The van der Waals surface area contributed by atoms with Gasteiger partial charge >= 0.3 is 0 Å². The van der Waals surface area contributed by atoms with Gasteiger partial charge in [-0.2, -0.15) is 0 Å². The van der Waals surface area contributed by atoms with Crippen molar-refractivity contribution in [2.24, 2.45) is 10.8 Å². The lowest BCUT2D eigenvalue weighted by atomic mass is 9.60. The van der Waals surface area contributed by atoms with E-state index in [1.54, 1.807) is 0 Å². The minimum absolute atomic E-state index is 0.0338. The molecule has 0 saturated carbocycles. The van der Waals surface area contributed by atoms with E-state index >= 15 is 0 Å². The number of rotatable bonds is 10. The highest BCUT2D eigenvalue weighted by Crippen LogP contribution is 2.47. The molecule has 0 aliphatic carbocycles. The van der Waals surface area contributed by atoms with Crippen LogP contribution in [0.15, 0.2) is 97.1 Å². The van der Waals surface area contributed by atoms with Crippen molar-refractivity contribution in [2.75, 3.05) is 0 Å². The van der Waals surface area contributed by atoms with Crippen molar-refractivity contribution in [3.05, 3.63) is 119 Å². The van der Waals surface area contributed by atoms with Crippen LogP contribution < -0.4 is 9.47 Å². The fourth-order valence-corrected chi connectivity index (χ4v) is 6.15. The highest BCUT2D eigenvalue weighted by molar-refractivity contribution is 6.09. The van der Waals surface area contributed by atoms with Crippen molar-refractivity contribution in [1.29, 1.82) is 0 Å². The van der Waals surface area contributed by atoms with Crippen molar-refractivity contribution in [3.8, 4) is 23.0 Å². The first-order chi connectivity index (χ1) is 20.6. The van der Waals surface area contributed by atoms with E-state index in [0.717, 1.165) is 24.3 Å². The molecule has 0 aliphatic rings. The second-order valence-electron chi connectivity index (χ2n) is 14.5. The van der Waals surface area contributed by atoms with Gasteiger partial charge in [-0.15, -0.1) is 0 Å². The van der Waals surface area contributed by atoms with Crippen LogP contribution >= 0.6 is 0 Å². The number of ether oxygens (including phenoxy) is 2. The fourth-order valence-electron chi connectivity index (χ4n) is 6.15. The van der Waals surface area contributed by atoms with Crippen molar-refractivity contribution in [1.82, 2.24) is 0 Å². The van der Waals surface area contributed by atoms with E-state index in [-0.39, 0.29) is 27.4 Å². The van der Waals surface area contributed by atoms with Gasteiger partial charge in [0, 0.05) is 11.1 Å². The van der Waals surface area contributed by atoms with Crippen LogP contribution in [0.4, 0.5) is 0 Å². The Kier molecular flexibility index (Phi) is 9.49. The summed E-state index contributed by atoms with van der Waals surface area (Å²) in [5.74, 6) is 2.90. The molecular formula is C41H50O3. The number of benzene rings is 4. The molecule has 4 rings (SSSR count). The predicted molar refractivity (Wildman–Crippen MR) is 184 cm³/mol. The molecule has 0 spiro atoms. The van der Waals surface area contributed by atoms with Gasteiger partial charge in [0.2, 0.25) is 0 Å². The van der Waals surface area contributed by atoms with Crippen LogP contribution in [-0.2, 0) is 10.8 Å². The van der Waals surface area contributed by atoms with Crippen LogP contribution in [0.5, 0.6) is 23.0 Å². The third-order valence-corrected chi connectivity index (χ3v) is 10.2. The average molecular weight is 591 g/mol. The largest absolute Gasteiger partial charge is 0.457 e. The first kappa shape index (κ1) is 33.1. The molecule has 232 valence electrons. The molecule has 0 saturated heterocycles. The van der Waals surface area contributed by atoms with Gasteiger partial charge in [-0.3, -0.25) is 4.79 Å². The molecule has 0 radical (unpaired) electrons. The van der Waals surface area contributed by atoms with E-state index in [9.17, 15) is 4.79 Å². The number of carbonyl (C=O) groups is 1. The van der Waals surface area contributed by atoms with Crippen LogP contribution in [0, 0.1) is 10.8 Å². The Labute approximate surface area is 265 Å². The second kappa shape index (κ2) is 12.6. The lowest BCUT2D eigenvalue weighted by molar-refractivity contribution is 0.103. The third kappa shape index (κ3) is 6.78. The van der Waals surface area contributed by atoms with Gasteiger partial charge in [-0.1, -0.05) is 93.5 Å². The lowest BCUT2D eigenvalue weighted by Crippen LogP contribution is -2.39. The van der Waals surface area contributed by atoms with Gasteiger partial charge in [-0.25, -0.2) is 0 Å². The van der Waals surface area contributed by atoms with Gasteiger partial charge in [0.15, 0.2) is 5.78 Å². The smallest absolute Gasteiger partial charge is 0.193 e. The van der Waals surface area contributed by atoms with E-state index in [0.29, 0.717) is 22.6 Å². The quantitative estimate of drug-likeness (QED) is 0.172. The van der Waals surface area contributed by atoms with E-state index in [1.807, 2.05) is 72.8 Å². The molecule has 0 amide bonds. The van der Waals surface area contributed by atoms with E-state index in [1.165, 1.54) is 11.1 Å². The average Bonchev–Trinajstić information content (AvgIpc) is 2.98. The summed E-state index contributed by atoms with van der Waals surface area (Å²) in [7, 11) is 0. The van der Waals surface area contributed by atoms with Crippen molar-refractivity contribution in [3.63, 3.8) is 0 Å². The summed E-state index contributed by atoms with van der Waals surface area (Å²) >= 11 is 0. The Morgan fingerprint density at radius 3 is 1.09 bits per heavy atom. The zero-order chi connectivity index (χ0) is 32.3. The molecule has 0 fully saturated rings. The minimum Gasteiger partial charge on any atom is -0.457 e. The molecular weight excluding hydrogens is 540 g/mol. The normalized spacial score (nSPS) is 12.6. The number of hydrogen-bond donors (Lipinski definition) is 0. The number of hydrogen-bond acceptors (Lipinski definition) is 3. The molecule has 3 nitrogen and oxygen atoms in total. The van der Waals surface area contributed by atoms with Gasteiger partial charge in [0.25, 0.3) is 0 Å². The van der Waals surface area contributed by atoms with Gasteiger partial charge in [0.1, 0.15) is 23.0 Å². The predicted octanol–water partition coefficient (Wildman–Crippen LogP) is 11.9. The lowest BCUT2D eigenvalue weighted by Gasteiger charge is -2.44. The summed E-state index contributed by atoms with van der Waals surface area (Å²) in [5, 5.41) is 0. The van der Waals surface area contributed by atoms with Gasteiger partial charge < -0.3 is 9.47 Å². The maximum atomic E-state index is 13.2. The van der Waals surface area contributed by atoms with Crippen LogP contribution in [0.3, 0.4) is 0 Å². The molecule has 4 aromatic rings. The molecule has 0 N–H and O–H groups in total. The molecule has 0 heterocycles. The first-order valence-electron chi connectivity index (χ1n) is 15.9. The molecule has 44 heavy (non-hydrogen) atoms. The Balaban J connectivity index is 1.39. The minimum atomic E-state index is -0.0427. The van der Waals surface area contributed by atoms with E-state index < -0.39 is 0 Å². The fraction of sp³-hybridized carbons (Fsp3) is 0.390.